The Morgan fingerprint density at radius 2 is 1.87 bits per heavy atom. The number of thiophene rings is 1. The van der Waals surface area contributed by atoms with E-state index in [1.807, 2.05) is 17.5 Å². The lowest BCUT2D eigenvalue weighted by Crippen LogP contribution is -2.32. The fourth-order valence-corrected chi connectivity index (χ4v) is 6.71. The van der Waals surface area contributed by atoms with Crippen molar-refractivity contribution in [2.45, 2.75) is 31.3 Å². The molecule has 1 N–H and O–H groups in total. The van der Waals surface area contributed by atoms with Crippen LogP contribution in [0.4, 0.5) is 5.82 Å². The van der Waals surface area contributed by atoms with Crippen LogP contribution < -0.4 is 14.2 Å². The fraction of sp³-hybridized carbons (Fsp3) is 0.333. The van der Waals surface area contributed by atoms with Crippen LogP contribution >= 0.6 is 34.5 Å². The lowest BCUT2D eigenvalue weighted by Gasteiger charge is -2.28. The highest BCUT2D eigenvalue weighted by Gasteiger charge is 2.23. The third-order valence-corrected chi connectivity index (χ3v) is 9.69. The molecule has 206 valence electrons. The zero-order chi connectivity index (χ0) is 27.6. The minimum absolute atomic E-state index is 0.00650. The number of hydrogen-bond acceptors (Lipinski definition) is 8. The zero-order valence-corrected chi connectivity index (χ0v) is 24.6. The Morgan fingerprint density at radius 3 is 2.67 bits per heavy atom. The van der Waals surface area contributed by atoms with Crippen LogP contribution in [0.5, 0.6) is 11.6 Å². The van der Waals surface area contributed by atoms with Gasteiger partial charge in [0.2, 0.25) is 5.82 Å². The fourth-order valence-electron chi connectivity index (χ4n) is 4.34. The minimum atomic E-state index is -4.01. The Labute approximate surface area is 241 Å². The second-order valence-corrected chi connectivity index (χ2v) is 12.9. The van der Waals surface area contributed by atoms with Gasteiger partial charge in [0.25, 0.3) is 15.9 Å². The maximum Gasteiger partial charge on any atom is 0.263 e. The summed E-state index contributed by atoms with van der Waals surface area (Å²) in [6.45, 7) is 4.49. The molecule has 3 heterocycles. The largest absolute Gasteiger partial charge is 0.492 e. The van der Waals surface area contributed by atoms with Gasteiger partial charge < -0.3 is 14.4 Å². The molecule has 0 amide bonds. The summed E-state index contributed by atoms with van der Waals surface area (Å²) < 4.78 is 41.1. The first kappa shape index (κ1) is 27.9. The average Bonchev–Trinajstić information content (AvgIpc) is 3.36. The quantitative estimate of drug-likeness (QED) is 0.235. The second kappa shape index (κ2) is 11.9. The molecule has 8 nitrogen and oxygen atoms in total. The molecule has 0 aliphatic carbocycles. The number of aromatic nitrogens is 2. The van der Waals surface area contributed by atoms with Gasteiger partial charge in [0.1, 0.15) is 22.7 Å². The minimum Gasteiger partial charge on any atom is -0.492 e. The first-order valence-corrected chi connectivity index (χ1v) is 15.6. The van der Waals surface area contributed by atoms with Gasteiger partial charge >= 0.3 is 0 Å². The summed E-state index contributed by atoms with van der Waals surface area (Å²) in [5.74, 6) is 1.14. The molecule has 0 atom stereocenters. The van der Waals surface area contributed by atoms with E-state index in [2.05, 4.69) is 26.6 Å². The van der Waals surface area contributed by atoms with Crippen molar-refractivity contribution in [3.05, 3.63) is 69.0 Å². The van der Waals surface area contributed by atoms with E-state index in [1.165, 1.54) is 17.4 Å². The molecule has 0 unspecified atom stereocenters. The summed E-state index contributed by atoms with van der Waals surface area (Å²) in [5.41, 5.74) is 1.79. The van der Waals surface area contributed by atoms with Gasteiger partial charge in [0.05, 0.1) is 16.5 Å². The Morgan fingerprint density at radius 1 is 1.08 bits per heavy atom. The van der Waals surface area contributed by atoms with Gasteiger partial charge in [-0.25, -0.2) is 13.4 Å². The number of halogens is 2. The summed E-state index contributed by atoms with van der Waals surface area (Å²) in [5, 5.41) is 2.71. The Kier molecular flexibility index (Phi) is 8.49. The molecule has 0 bridgehead atoms. The number of piperidine rings is 1. The number of rotatable bonds is 9. The lowest BCUT2D eigenvalue weighted by atomic mass is 9.98. The monoisotopic (exact) mass is 606 g/mol. The molecule has 4 aromatic rings. The Bertz CT molecular complexity index is 1590. The van der Waals surface area contributed by atoms with Crippen molar-refractivity contribution in [1.82, 2.24) is 14.9 Å². The number of nitrogens with zero attached hydrogens (tertiary/aromatic N) is 3. The third-order valence-electron chi connectivity index (χ3n) is 6.69. The van der Waals surface area contributed by atoms with Crippen molar-refractivity contribution in [2.75, 3.05) is 31.5 Å². The maximum atomic E-state index is 13.3. The van der Waals surface area contributed by atoms with Gasteiger partial charge in [-0.15, -0.1) is 11.3 Å². The first-order chi connectivity index (χ1) is 18.7. The smallest absolute Gasteiger partial charge is 0.263 e. The molecule has 1 fully saturated rings. The predicted molar refractivity (Wildman–Crippen MR) is 156 cm³/mol. The number of ether oxygens (including phenoxy) is 2. The van der Waals surface area contributed by atoms with E-state index in [0.717, 1.165) is 31.5 Å². The van der Waals surface area contributed by atoms with Gasteiger partial charge in [-0.3, -0.25) is 4.72 Å². The van der Waals surface area contributed by atoms with Gasteiger partial charge in [0, 0.05) is 5.02 Å². The van der Waals surface area contributed by atoms with Crippen molar-refractivity contribution in [2.24, 2.45) is 5.92 Å². The van der Waals surface area contributed by atoms with Crippen LogP contribution in [0.25, 0.3) is 10.3 Å². The standard InChI is InChI=1S/C27H28Cl2N4O4S2/c1-17-20(28)4-3-5-24(17)39(34,35)32-25-26(31-27-22(30-25)10-13-38-27)37-16-19-6-7-21(29)23(14-19)36-15-18-8-11-33(2)12-9-18/h3-7,10,13-14,18H,8-9,11-12,15-16H2,1-2H3,(H,30,32). The predicted octanol–water partition coefficient (Wildman–Crippen LogP) is 6.41. The lowest BCUT2D eigenvalue weighted by molar-refractivity contribution is 0.160. The summed E-state index contributed by atoms with van der Waals surface area (Å²) in [4.78, 5) is 12.0. The molecule has 12 heteroatoms. The van der Waals surface area contributed by atoms with E-state index in [4.69, 9.17) is 32.7 Å². The molecule has 0 radical (unpaired) electrons. The highest BCUT2D eigenvalue weighted by molar-refractivity contribution is 7.92. The van der Waals surface area contributed by atoms with Crippen molar-refractivity contribution < 1.29 is 17.9 Å². The summed E-state index contributed by atoms with van der Waals surface area (Å²) >= 11 is 14.0. The molecule has 0 spiro atoms. The molecule has 1 aliphatic heterocycles. The second-order valence-electron chi connectivity index (χ2n) is 9.57. The molecule has 5 rings (SSSR count). The Hall–Kier alpha value is -2.63. The molecular weight excluding hydrogens is 579 g/mol. The van der Waals surface area contributed by atoms with Crippen molar-refractivity contribution in [3.8, 4) is 11.6 Å². The number of nitrogens with one attached hydrogen (secondary N) is 1. The summed E-state index contributed by atoms with van der Waals surface area (Å²) in [6.07, 6.45) is 2.18. The van der Waals surface area contributed by atoms with E-state index in [0.29, 0.717) is 44.2 Å². The van der Waals surface area contributed by atoms with E-state index in [1.54, 1.807) is 31.2 Å². The highest BCUT2D eigenvalue weighted by Crippen LogP contribution is 2.32. The van der Waals surface area contributed by atoms with E-state index in [9.17, 15) is 8.42 Å². The van der Waals surface area contributed by atoms with Crippen LogP contribution in [0.15, 0.2) is 52.7 Å². The number of fused-ring (bicyclic) bond motifs is 1. The zero-order valence-electron chi connectivity index (χ0n) is 21.5. The van der Waals surface area contributed by atoms with Crippen molar-refractivity contribution in [3.63, 3.8) is 0 Å². The summed E-state index contributed by atoms with van der Waals surface area (Å²) in [6, 6.07) is 11.9. The van der Waals surface area contributed by atoms with Crippen LogP contribution in [0.3, 0.4) is 0 Å². The van der Waals surface area contributed by atoms with E-state index < -0.39 is 10.0 Å². The molecular formula is C27H28Cl2N4O4S2. The summed E-state index contributed by atoms with van der Waals surface area (Å²) in [7, 11) is -1.88. The topological polar surface area (TPSA) is 93.7 Å². The van der Waals surface area contributed by atoms with Gasteiger partial charge in [-0.05, 0) is 92.7 Å². The molecule has 2 aromatic carbocycles. The normalized spacial score (nSPS) is 15.0. The highest BCUT2D eigenvalue weighted by atomic mass is 35.5. The molecule has 1 aliphatic rings. The Balaban J connectivity index is 1.34. The van der Waals surface area contributed by atoms with Crippen molar-refractivity contribution >= 4 is 60.7 Å². The third kappa shape index (κ3) is 6.58. The number of sulfonamides is 1. The number of hydrogen-bond donors (Lipinski definition) is 1. The van der Waals surface area contributed by atoms with Crippen LogP contribution in [0.1, 0.15) is 24.0 Å². The van der Waals surface area contributed by atoms with Crippen LogP contribution in [0, 0.1) is 12.8 Å². The maximum absolute atomic E-state index is 13.3. The van der Waals surface area contributed by atoms with E-state index in [-0.39, 0.29) is 23.2 Å². The van der Waals surface area contributed by atoms with Gasteiger partial charge in [0.15, 0.2) is 0 Å². The SMILES string of the molecule is Cc1c(Cl)cccc1S(=O)(=O)Nc1nc2ccsc2nc1OCc1ccc(Cl)c(OCC2CCN(C)CC2)c1. The van der Waals surface area contributed by atoms with Crippen LogP contribution in [-0.2, 0) is 16.6 Å². The number of anilines is 1. The molecule has 1 saturated heterocycles. The van der Waals surface area contributed by atoms with Gasteiger partial charge in [-0.1, -0.05) is 35.3 Å². The van der Waals surface area contributed by atoms with Gasteiger partial charge in [-0.2, -0.15) is 4.98 Å². The van der Waals surface area contributed by atoms with Crippen LogP contribution in [-0.4, -0.2) is 50.0 Å². The van der Waals surface area contributed by atoms with Crippen LogP contribution in [0.2, 0.25) is 10.0 Å². The number of benzene rings is 2. The average molecular weight is 608 g/mol. The van der Waals surface area contributed by atoms with Crippen molar-refractivity contribution in [1.29, 1.82) is 0 Å². The molecule has 2 aromatic heterocycles. The van der Waals surface area contributed by atoms with E-state index >= 15 is 0 Å². The first-order valence-electron chi connectivity index (χ1n) is 12.5. The number of likely N-dealkylation sites (tertiary alicyclic amines) is 1. The molecule has 0 saturated carbocycles. The molecule has 39 heavy (non-hydrogen) atoms.